The van der Waals surface area contributed by atoms with E-state index in [2.05, 4.69) is 16.3 Å². The van der Waals surface area contributed by atoms with Crippen LogP contribution in [0, 0.1) is 0 Å². The first-order valence-electron chi connectivity index (χ1n) is 7.15. The molecular formula is C13H28N2O2S2. The molecular weight excluding hydrogens is 280 g/mol. The van der Waals surface area contributed by atoms with Crippen molar-refractivity contribution in [2.45, 2.75) is 56.7 Å². The van der Waals surface area contributed by atoms with E-state index in [9.17, 15) is 8.42 Å². The molecule has 0 aliphatic heterocycles. The second kappa shape index (κ2) is 7.86. The fraction of sp³-hybridized carbons (Fsp3) is 1.00. The molecule has 0 aromatic carbocycles. The number of sulfonamides is 1. The summed E-state index contributed by atoms with van der Waals surface area (Å²) in [6, 6.07) is 0.325. The second-order valence-corrected chi connectivity index (χ2v) is 8.90. The molecule has 1 rings (SSSR count). The van der Waals surface area contributed by atoms with Gasteiger partial charge in [-0.1, -0.05) is 33.1 Å². The van der Waals surface area contributed by atoms with E-state index in [-0.39, 0.29) is 10.5 Å². The van der Waals surface area contributed by atoms with Crippen LogP contribution in [0.4, 0.5) is 0 Å². The number of rotatable bonds is 8. The van der Waals surface area contributed by atoms with Crippen molar-refractivity contribution in [3.8, 4) is 0 Å². The second-order valence-electron chi connectivity index (χ2n) is 5.70. The van der Waals surface area contributed by atoms with Crippen LogP contribution in [0.5, 0.6) is 0 Å². The normalized spacial score (nSPS) is 19.8. The van der Waals surface area contributed by atoms with Crippen LogP contribution in [0.3, 0.4) is 0 Å². The van der Waals surface area contributed by atoms with Crippen molar-refractivity contribution in [2.24, 2.45) is 0 Å². The molecule has 1 aliphatic rings. The minimum absolute atomic E-state index is 0.122. The fourth-order valence-corrected chi connectivity index (χ4v) is 4.48. The highest BCUT2D eigenvalue weighted by molar-refractivity contribution is 8.00. The van der Waals surface area contributed by atoms with Gasteiger partial charge in [0.2, 0.25) is 10.0 Å². The van der Waals surface area contributed by atoms with Gasteiger partial charge in [-0.25, -0.2) is 13.1 Å². The minimum Gasteiger partial charge on any atom is -0.313 e. The SMILES string of the molecule is CSC1(CNS(=O)(=O)CCNC(C)C)CCCCC1. The zero-order valence-electron chi connectivity index (χ0n) is 12.4. The van der Waals surface area contributed by atoms with Crippen molar-refractivity contribution < 1.29 is 8.42 Å². The summed E-state index contributed by atoms with van der Waals surface area (Å²) in [5.41, 5.74) is 0. The van der Waals surface area contributed by atoms with Crippen molar-refractivity contribution in [2.75, 3.05) is 25.1 Å². The van der Waals surface area contributed by atoms with Gasteiger partial charge >= 0.3 is 0 Å². The molecule has 0 radical (unpaired) electrons. The van der Waals surface area contributed by atoms with Gasteiger partial charge in [-0.3, -0.25) is 0 Å². The Morgan fingerprint density at radius 3 is 2.37 bits per heavy atom. The van der Waals surface area contributed by atoms with Crippen molar-refractivity contribution in [3.05, 3.63) is 0 Å². The number of hydrogen-bond donors (Lipinski definition) is 2. The van der Waals surface area contributed by atoms with Crippen molar-refractivity contribution in [1.29, 1.82) is 0 Å². The molecule has 0 bridgehead atoms. The maximum atomic E-state index is 12.0. The Labute approximate surface area is 122 Å². The topological polar surface area (TPSA) is 58.2 Å². The number of nitrogens with one attached hydrogen (secondary N) is 2. The summed E-state index contributed by atoms with van der Waals surface area (Å²) >= 11 is 1.82. The Morgan fingerprint density at radius 1 is 1.21 bits per heavy atom. The molecule has 19 heavy (non-hydrogen) atoms. The van der Waals surface area contributed by atoms with Gasteiger partial charge in [0.05, 0.1) is 5.75 Å². The smallest absolute Gasteiger partial charge is 0.212 e. The maximum Gasteiger partial charge on any atom is 0.212 e. The van der Waals surface area contributed by atoms with Gasteiger partial charge in [-0.15, -0.1) is 0 Å². The Bertz CT molecular complexity index is 350. The molecule has 0 saturated heterocycles. The highest BCUT2D eigenvalue weighted by Crippen LogP contribution is 2.38. The van der Waals surface area contributed by atoms with Crippen LogP contribution in [0.2, 0.25) is 0 Å². The van der Waals surface area contributed by atoms with Gasteiger partial charge < -0.3 is 5.32 Å². The zero-order chi connectivity index (χ0) is 14.4. The summed E-state index contributed by atoms with van der Waals surface area (Å²) in [4.78, 5) is 0. The zero-order valence-corrected chi connectivity index (χ0v) is 14.0. The molecule has 1 fully saturated rings. The molecule has 6 heteroatoms. The van der Waals surface area contributed by atoms with Gasteiger partial charge in [-0.2, -0.15) is 11.8 Å². The molecule has 0 heterocycles. The third-order valence-electron chi connectivity index (χ3n) is 3.74. The lowest BCUT2D eigenvalue weighted by Gasteiger charge is -2.35. The van der Waals surface area contributed by atoms with Gasteiger partial charge in [0.15, 0.2) is 0 Å². The van der Waals surface area contributed by atoms with E-state index in [0.29, 0.717) is 19.1 Å². The third-order valence-corrected chi connectivity index (χ3v) is 6.48. The molecule has 114 valence electrons. The number of hydrogen-bond acceptors (Lipinski definition) is 4. The van der Waals surface area contributed by atoms with E-state index < -0.39 is 10.0 Å². The van der Waals surface area contributed by atoms with Crippen LogP contribution in [0.25, 0.3) is 0 Å². The van der Waals surface area contributed by atoms with Crippen molar-refractivity contribution >= 4 is 21.8 Å². The number of thioether (sulfide) groups is 1. The quantitative estimate of drug-likeness (QED) is 0.720. The fourth-order valence-electron chi connectivity index (χ4n) is 2.44. The predicted octanol–water partition coefficient (Wildman–Crippen LogP) is 1.97. The van der Waals surface area contributed by atoms with Gasteiger partial charge in [0.25, 0.3) is 0 Å². The lowest BCUT2D eigenvalue weighted by atomic mass is 9.88. The largest absolute Gasteiger partial charge is 0.313 e. The summed E-state index contributed by atoms with van der Waals surface area (Å²) in [5, 5.41) is 3.14. The van der Waals surface area contributed by atoms with E-state index in [4.69, 9.17) is 0 Å². The first-order valence-corrected chi connectivity index (χ1v) is 10.0. The first-order chi connectivity index (χ1) is 8.89. The van der Waals surface area contributed by atoms with E-state index >= 15 is 0 Å². The van der Waals surface area contributed by atoms with Gasteiger partial charge in [0, 0.05) is 23.9 Å². The molecule has 0 amide bonds. The van der Waals surface area contributed by atoms with E-state index in [1.807, 2.05) is 25.6 Å². The summed E-state index contributed by atoms with van der Waals surface area (Å²) in [6.45, 7) is 5.13. The third kappa shape index (κ3) is 6.47. The molecule has 0 atom stereocenters. The maximum absolute atomic E-state index is 12.0. The molecule has 4 nitrogen and oxygen atoms in total. The van der Waals surface area contributed by atoms with Gasteiger partial charge in [0.1, 0.15) is 0 Å². The van der Waals surface area contributed by atoms with Crippen molar-refractivity contribution in [3.63, 3.8) is 0 Å². The highest BCUT2D eigenvalue weighted by Gasteiger charge is 2.32. The lowest BCUT2D eigenvalue weighted by molar-refractivity contribution is 0.395. The standard InChI is InChI=1S/C13H28N2O2S2/c1-12(2)14-9-10-19(16,17)15-11-13(18-3)7-5-4-6-8-13/h12,14-15H,4-11H2,1-3H3. The summed E-state index contributed by atoms with van der Waals surface area (Å²) in [6.07, 6.45) is 8.07. The minimum atomic E-state index is -3.15. The molecule has 0 unspecified atom stereocenters. The van der Waals surface area contributed by atoms with E-state index in [1.165, 1.54) is 19.3 Å². The summed E-state index contributed by atoms with van der Waals surface area (Å²) < 4.78 is 26.8. The molecule has 1 aliphatic carbocycles. The molecule has 0 aromatic heterocycles. The Balaban J connectivity index is 2.40. The molecule has 0 aromatic rings. The summed E-state index contributed by atoms with van der Waals surface area (Å²) in [5.74, 6) is 0.162. The average molecular weight is 309 g/mol. The Kier molecular flexibility index (Phi) is 7.14. The average Bonchev–Trinajstić information content (AvgIpc) is 2.37. The van der Waals surface area contributed by atoms with Crippen LogP contribution in [0.1, 0.15) is 46.0 Å². The van der Waals surface area contributed by atoms with Crippen LogP contribution in [-0.4, -0.2) is 44.3 Å². The predicted molar refractivity (Wildman–Crippen MR) is 84.3 cm³/mol. The van der Waals surface area contributed by atoms with Crippen LogP contribution in [-0.2, 0) is 10.0 Å². The summed E-state index contributed by atoms with van der Waals surface area (Å²) in [7, 11) is -3.15. The van der Waals surface area contributed by atoms with E-state index in [0.717, 1.165) is 12.8 Å². The first kappa shape index (κ1) is 17.3. The lowest BCUT2D eigenvalue weighted by Crippen LogP contribution is -2.43. The van der Waals surface area contributed by atoms with Crippen LogP contribution >= 0.6 is 11.8 Å². The van der Waals surface area contributed by atoms with Crippen molar-refractivity contribution in [1.82, 2.24) is 10.0 Å². The highest BCUT2D eigenvalue weighted by atomic mass is 32.2. The Hall–Kier alpha value is 0.220. The Morgan fingerprint density at radius 2 is 1.84 bits per heavy atom. The molecule has 2 N–H and O–H groups in total. The van der Waals surface area contributed by atoms with Gasteiger partial charge in [-0.05, 0) is 19.1 Å². The van der Waals surface area contributed by atoms with Crippen LogP contribution in [0.15, 0.2) is 0 Å². The monoisotopic (exact) mass is 308 g/mol. The van der Waals surface area contributed by atoms with E-state index in [1.54, 1.807) is 0 Å². The van der Waals surface area contributed by atoms with Crippen LogP contribution < -0.4 is 10.0 Å². The molecule has 0 spiro atoms. The molecule has 1 saturated carbocycles.